The Balaban J connectivity index is 1.68. The summed E-state index contributed by atoms with van der Waals surface area (Å²) in [6, 6.07) is 16.0. The number of carbonyl (C=O) groups excluding carboxylic acids is 1. The monoisotopic (exact) mass is 380 g/mol. The Morgan fingerprint density at radius 1 is 1.11 bits per heavy atom. The van der Waals surface area contributed by atoms with Gasteiger partial charge in [0.15, 0.2) is 11.0 Å². The molecule has 1 aromatic heterocycles. The van der Waals surface area contributed by atoms with Crippen LogP contribution in [0.15, 0.2) is 53.7 Å². The van der Waals surface area contributed by atoms with Gasteiger partial charge >= 0.3 is 0 Å². The molecule has 0 unspecified atom stereocenters. The van der Waals surface area contributed by atoms with Crippen molar-refractivity contribution >= 4 is 23.4 Å². The van der Waals surface area contributed by atoms with E-state index in [1.54, 1.807) is 0 Å². The van der Waals surface area contributed by atoms with Crippen molar-refractivity contribution in [3.8, 4) is 11.4 Å². The van der Waals surface area contributed by atoms with Crippen LogP contribution in [0.2, 0.25) is 0 Å². The Kier molecular flexibility index (Phi) is 5.96. The Morgan fingerprint density at radius 3 is 2.56 bits per heavy atom. The Labute approximate surface area is 164 Å². The highest BCUT2D eigenvalue weighted by molar-refractivity contribution is 7.99. The molecule has 0 saturated heterocycles. The van der Waals surface area contributed by atoms with Crippen LogP contribution in [-0.4, -0.2) is 26.4 Å². The minimum Gasteiger partial charge on any atom is -0.325 e. The van der Waals surface area contributed by atoms with Crippen molar-refractivity contribution in [1.82, 2.24) is 14.8 Å². The largest absolute Gasteiger partial charge is 0.325 e. The van der Waals surface area contributed by atoms with Crippen LogP contribution in [0.5, 0.6) is 0 Å². The van der Waals surface area contributed by atoms with Crippen molar-refractivity contribution in [2.75, 3.05) is 11.1 Å². The lowest BCUT2D eigenvalue weighted by Crippen LogP contribution is -2.16. The van der Waals surface area contributed by atoms with E-state index in [9.17, 15) is 4.79 Å². The maximum Gasteiger partial charge on any atom is 0.234 e. The van der Waals surface area contributed by atoms with Crippen LogP contribution in [-0.2, 0) is 11.8 Å². The number of aromatic nitrogens is 3. The maximum atomic E-state index is 12.4. The fourth-order valence-corrected chi connectivity index (χ4v) is 3.64. The fourth-order valence-electron chi connectivity index (χ4n) is 2.93. The molecule has 6 heteroatoms. The van der Waals surface area contributed by atoms with Gasteiger partial charge in [-0.1, -0.05) is 68.1 Å². The smallest absolute Gasteiger partial charge is 0.234 e. The van der Waals surface area contributed by atoms with Crippen LogP contribution in [0.25, 0.3) is 11.4 Å². The molecule has 1 heterocycles. The van der Waals surface area contributed by atoms with Crippen molar-refractivity contribution in [2.24, 2.45) is 7.05 Å². The van der Waals surface area contributed by atoms with Crippen molar-refractivity contribution in [1.29, 1.82) is 0 Å². The SMILES string of the molecule is Cc1ccccc1-c1nnc(SCC(=O)Nc2ccccc2C(C)C)n1C. The molecule has 2 aromatic carbocycles. The lowest BCUT2D eigenvalue weighted by molar-refractivity contribution is -0.113. The van der Waals surface area contributed by atoms with Crippen LogP contribution in [0.1, 0.15) is 30.9 Å². The second kappa shape index (κ2) is 8.39. The first-order valence-corrected chi connectivity index (χ1v) is 9.93. The van der Waals surface area contributed by atoms with Crippen molar-refractivity contribution < 1.29 is 4.79 Å². The Hall–Kier alpha value is -2.60. The van der Waals surface area contributed by atoms with Gasteiger partial charge in [-0.25, -0.2) is 0 Å². The van der Waals surface area contributed by atoms with Gasteiger partial charge in [-0.05, 0) is 30.0 Å². The minimum atomic E-state index is -0.0476. The number of nitrogens with one attached hydrogen (secondary N) is 1. The first-order chi connectivity index (χ1) is 13.0. The van der Waals surface area contributed by atoms with Crippen molar-refractivity contribution in [3.63, 3.8) is 0 Å². The number of benzene rings is 2. The average Bonchev–Trinajstić information content (AvgIpc) is 3.01. The number of hydrogen-bond acceptors (Lipinski definition) is 4. The standard InChI is InChI=1S/C21H24N4OS/c1-14(2)16-10-7-8-12-18(16)22-19(26)13-27-21-24-23-20(25(21)4)17-11-6-5-9-15(17)3/h5-12,14H,13H2,1-4H3,(H,22,26). The zero-order valence-corrected chi connectivity index (χ0v) is 16.9. The summed E-state index contributed by atoms with van der Waals surface area (Å²) in [4.78, 5) is 12.4. The number of hydrogen-bond donors (Lipinski definition) is 1. The van der Waals surface area contributed by atoms with Gasteiger partial charge in [0, 0.05) is 18.3 Å². The summed E-state index contributed by atoms with van der Waals surface area (Å²) < 4.78 is 1.93. The van der Waals surface area contributed by atoms with Crippen LogP contribution >= 0.6 is 11.8 Å². The van der Waals surface area contributed by atoms with E-state index < -0.39 is 0 Å². The molecule has 1 N–H and O–H groups in total. The molecule has 0 aliphatic carbocycles. The topological polar surface area (TPSA) is 59.8 Å². The van der Waals surface area contributed by atoms with E-state index in [1.807, 2.05) is 54.1 Å². The second-order valence-electron chi connectivity index (χ2n) is 6.76. The van der Waals surface area contributed by atoms with E-state index in [-0.39, 0.29) is 11.7 Å². The van der Waals surface area contributed by atoms with E-state index in [2.05, 4.69) is 42.4 Å². The number of amides is 1. The number of nitrogens with zero attached hydrogens (tertiary/aromatic N) is 3. The summed E-state index contributed by atoms with van der Waals surface area (Å²) in [5.74, 6) is 1.39. The molecule has 0 aliphatic rings. The van der Waals surface area contributed by atoms with E-state index in [1.165, 1.54) is 11.8 Å². The molecule has 27 heavy (non-hydrogen) atoms. The van der Waals surface area contributed by atoms with Gasteiger partial charge in [0.1, 0.15) is 0 Å². The summed E-state index contributed by atoms with van der Waals surface area (Å²) in [7, 11) is 1.93. The minimum absolute atomic E-state index is 0.0476. The molecular weight excluding hydrogens is 356 g/mol. The molecule has 0 atom stereocenters. The summed E-state index contributed by atoms with van der Waals surface area (Å²) in [6.45, 7) is 6.29. The van der Waals surface area contributed by atoms with E-state index in [4.69, 9.17) is 0 Å². The molecule has 0 saturated carbocycles. The second-order valence-corrected chi connectivity index (χ2v) is 7.70. The lowest BCUT2D eigenvalue weighted by atomic mass is 10.0. The van der Waals surface area contributed by atoms with Gasteiger partial charge in [-0.15, -0.1) is 10.2 Å². The first-order valence-electron chi connectivity index (χ1n) is 8.94. The third-order valence-corrected chi connectivity index (χ3v) is 5.43. The van der Waals surface area contributed by atoms with Crippen LogP contribution in [0, 0.1) is 6.92 Å². The van der Waals surface area contributed by atoms with E-state index in [0.29, 0.717) is 5.92 Å². The fraction of sp³-hybridized carbons (Fsp3) is 0.286. The third-order valence-electron chi connectivity index (χ3n) is 4.41. The van der Waals surface area contributed by atoms with Gasteiger partial charge in [-0.2, -0.15) is 0 Å². The van der Waals surface area contributed by atoms with E-state index in [0.717, 1.165) is 33.4 Å². The lowest BCUT2D eigenvalue weighted by Gasteiger charge is -2.13. The van der Waals surface area contributed by atoms with Crippen molar-refractivity contribution in [2.45, 2.75) is 31.8 Å². The van der Waals surface area contributed by atoms with Gasteiger partial charge in [-0.3, -0.25) is 4.79 Å². The zero-order chi connectivity index (χ0) is 19.4. The first kappa shape index (κ1) is 19.2. The zero-order valence-electron chi connectivity index (χ0n) is 16.1. The molecule has 1 amide bonds. The Morgan fingerprint density at radius 2 is 1.81 bits per heavy atom. The van der Waals surface area contributed by atoms with Crippen LogP contribution in [0.4, 0.5) is 5.69 Å². The molecule has 0 fully saturated rings. The number of rotatable bonds is 6. The quantitative estimate of drug-likeness (QED) is 0.633. The summed E-state index contributed by atoms with van der Waals surface area (Å²) >= 11 is 1.39. The highest BCUT2D eigenvalue weighted by atomic mass is 32.2. The number of carbonyl (C=O) groups is 1. The summed E-state index contributed by atoms with van der Waals surface area (Å²) in [6.07, 6.45) is 0. The molecule has 0 aliphatic heterocycles. The predicted octanol–water partition coefficient (Wildman–Crippen LogP) is 4.64. The number of thioether (sulfide) groups is 1. The summed E-state index contributed by atoms with van der Waals surface area (Å²) in [5, 5.41) is 12.3. The Bertz CT molecular complexity index is 949. The number of para-hydroxylation sites is 1. The number of aryl methyl sites for hydroxylation is 1. The predicted molar refractivity (Wildman–Crippen MR) is 111 cm³/mol. The third kappa shape index (κ3) is 4.39. The molecule has 5 nitrogen and oxygen atoms in total. The molecule has 3 rings (SSSR count). The van der Waals surface area contributed by atoms with Gasteiger partial charge < -0.3 is 9.88 Å². The summed E-state index contributed by atoms with van der Waals surface area (Å²) in [5.41, 5.74) is 4.20. The highest BCUT2D eigenvalue weighted by Gasteiger charge is 2.15. The van der Waals surface area contributed by atoms with E-state index >= 15 is 0 Å². The maximum absolute atomic E-state index is 12.4. The molecular formula is C21H24N4OS. The molecule has 140 valence electrons. The molecule has 0 spiro atoms. The number of anilines is 1. The highest BCUT2D eigenvalue weighted by Crippen LogP contribution is 2.26. The van der Waals surface area contributed by atoms with Crippen LogP contribution in [0.3, 0.4) is 0 Å². The van der Waals surface area contributed by atoms with Gasteiger partial charge in [0.25, 0.3) is 0 Å². The van der Waals surface area contributed by atoms with Crippen molar-refractivity contribution in [3.05, 3.63) is 59.7 Å². The normalized spacial score (nSPS) is 11.0. The molecule has 0 bridgehead atoms. The van der Waals surface area contributed by atoms with Crippen LogP contribution < -0.4 is 5.32 Å². The van der Waals surface area contributed by atoms with Gasteiger partial charge in [0.2, 0.25) is 5.91 Å². The average molecular weight is 381 g/mol. The molecule has 0 radical (unpaired) electrons. The molecule has 3 aromatic rings. The van der Waals surface area contributed by atoms with Gasteiger partial charge in [0.05, 0.1) is 5.75 Å².